The SMILES string of the molecule is CC/C=C/C=C/C=C/C=C/CCCCCCCC(=O)O[C@H](COC(=O)CCC/C=C/C/C=C/C/C=C/C/C=C/CCCCCCCCC)CO[C@H]1O[C@H](CS(=O)(=O)O)[C@@H](O)C(O)C1O. The van der Waals surface area contributed by atoms with E-state index in [0.29, 0.717) is 19.3 Å². The van der Waals surface area contributed by atoms with Crippen LogP contribution in [0.5, 0.6) is 0 Å². The molecule has 0 aromatic heterocycles. The lowest BCUT2D eigenvalue weighted by atomic mass is 10.00. The van der Waals surface area contributed by atoms with Gasteiger partial charge in [0, 0.05) is 12.8 Å². The molecule has 12 nitrogen and oxygen atoms in total. The highest BCUT2D eigenvalue weighted by Crippen LogP contribution is 2.24. The molecule has 6 atom stereocenters. The third kappa shape index (κ3) is 34.0. The molecule has 13 heteroatoms. The Kier molecular flexibility index (Phi) is 36.5. The summed E-state index contributed by atoms with van der Waals surface area (Å²) in [7, 11) is -4.62. The summed E-state index contributed by atoms with van der Waals surface area (Å²) in [6.45, 7) is 3.54. The van der Waals surface area contributed by atoms with Crippen LogP contribution in [0.1, 0.15) is 155 Å². The van der Waals surface area contributed by atoms with Crippen LogP contribution >= 0.6 is 0 Å². The second-order valence-corrected chi connectivity index (χ2v) is 17.6. The van der Waals surface area contributed by atoms with Crippen molar-refractivity contribution in [2.75, 3.05) is 19.0 Å². The Hall–Kier alpha value is -3.43. The van der Waals surface area contributed by atoms with Crippen molar-refractivity contribution in [3.05, 3.63) is 97.2 Å². The highest BCUT2D eigenvalue weighted by atomic mass is 32.2. The van der Waals surface area contributed by atoms with E-state index in [1.807, 2.05) is 48.6 Å². The number of allylic oxidation sites excluding steroid dienone is 16. The largest absolute Gasteiger partial charge is 0.462 e. The van der Waals surface area contributed by atoms with Crippen LogP contribution < -0.4 is 0 Å². The van der Waals surface area contributed by atoms with Crippen LogP contribution in [0.4, 0.5) is 0 Å². The molecule has 1 heterocycles. The van der Waals surface area contributed by atoms with Crippen molar-refractivity contribution in [2.24, 2.45) is 0 Å². The summed E-state index contributed by atoms with van der Waals surface area (Å²) in [6.07, 6.45) is 44.6. The second-order valence-electron chi connectivity index (χ2n) is 16.1. The van der Waals surface area contributed by atoms with Gasteiger partial charge in [-0.05, 0) is 70.6 Å². The average molecular weight is 919 g/mol. The third-order valence-corrected chi connectivity index (χ3v) is 11.0. The van der Waals surface area contributed by atoms with Crippen LogP contribution in [0.25, 0.3) is 0 Å². The molecule has 64 heavy (non-hydrogen) atoms. The summed E-state index contributed by atoms with van der Waals surface area (Å²) < 4.78 is 54.0. The number of esters is 2. The van der Waals surface area contributed by atoms with Crippen molar-refractivity contribution < 1.29 is 56.8 Å². The maximum absolute atomic E-state index is 12.8. The van der Waals surface area contributed by atoms with Gasteiger partial charge in [-0.2, -0.15) is 8.42 Å². The monoisotopic (exact) mass is 919 g/mol. The molecule has 0 aromatic rings. The van der Waals surface area contributed by atoms with Crippen LogP contribution in [0, 0.1) is 0 Å². The highest BCUT2D eigenvalue weighted by Gasteiger charge is 2.46. The van der Waals surface area contributed by atoms with Crippen molar-refractivity contribution in [1.82, 2.24) is 0 Å². The molecule has 1 fully saturated rings. The standard InChI is InChI=1S/C51H82O12S/c1-3-5-7-9-11-13-15-17-19-20-21-22-23-24-26-27-29-31-33-35-37-39-46(52)60-41-44(42-61-51-50(56)49(55)48(54)45(63-51)43-64(57,58)59)62-47(53)40-38-36-34-32-30-28-25-18-16-14-12-10-8-6-4-2/h6,8,10,12,14,16,18-20,22-23,25-27,31,33,44-45,48-51,54-56H,3-5,7,9,11,13,15,17,21,24,28-30,32,34-43H2,1-2H3,(H,57,58,59)/b8-6+,12-10+,16-14+,20-19+,23-22+,25-18+,27-26+,33-31+/t44-,45-,48-,49?,50?,51+/m1/s1. The minimum atomic E-state index is -4.62. The molecule has 1 rings (SSSR count). The molecular weight excluding hydrogens is 837 g/mol. The van der Waals surface area contributed by atoms with Gasteiger partial charge in [-0.1, -0.05) is 169 Å². The quantitative estimate of drug-likeness (QED) is 0.0151. The lowest BCUT2D eigenvalue weighted by Crippen LogP contribution is -2.60. The molecular formula is C51H82O12S. The Bertz CT molecular complexity index is 1540. The number of ether oxygens (including phenoxy) is 4. The fourth-order valence-electron chi connectivity index (χ4n) is 6.56. The lowest BCUT2D eigenvalue weighted by molar-refractivity contribution is -0.297. The maximum Gasteiger partial charge on any atom is 0.306 e. The molecule has 0 saturated carbocycles. The topological polar surface area (TPSA) is 186 Å². The van der Waals surface area contributed by atoms with Gasteiger partial charge in [-0.15, -0.1) is 0 Å². The van der Waals surface area contributed by atoms with Gasteiger partial charge in [0.15, 0.2) is 12.4 Å². The fourth-order valence-corrected chi connectivity index (χ4v) is 7.25. The molecule has 0 amide bonds. The number of aliphatic hydroxyl groups excluding tert-OH is 3. The first-order chi connectivity index (χ1) is 31.0. The van der Waals surface area contributed by atoms with E-state index in [4.69, 9.17) is 18.9 Å². The van der Waals surface area contributed by atoms with E-state index in [9.17, 15) is 37.9 Å². The van der Waals surface area contributed by atoms with Crippen molar-refractivity contribution in [3.8, 4) is 0 Å². The molecule has 0 bridgehead atoms. The Labute approximate surface area is 385 Å². The third-order valence-electron chi connectivity index (χ3n) is 10.2. The summed E-state index contributed by atoms with van der Waals surface area (Å²) in [5, 5.41) is 30.9. The molecule has 0 aromatic carbocycles. The summed E-state index contributed by atoms with van der Waals surface area (Å²) >= 11 is 0. The first-order valence-corrected chi connectivity index (χ1v) is 25.5. The minimum absolute atomic E-state index is 0.120. The van der Waals surface area contributed by atoms with Crippen molar-refractivity contribution in [1.29, 1.82) is 0 Å². The fraction of sp³-hybridized carbons (Fsp3) is 0.647. The van der Waals surface area contributed by atoms with Crippen molar-refractivity contribution in [2.45, 2.75) is 192 Å². The van der Waals surface area contributed by atoms with Crippen molar-refractivity contribution >= 4 is 22.1 Å². The maximum atomic E-state index is 12.8. The van der Waals surface area contributed by atoms with Crippen LogP contribution in [-0.2, 0) is 38.7 Å². The normalized spacial score (nSPS) is 20.5. The van der Waals surface area contributed by atoms with Gasteiger partial charge < -0.3 is 34.3 Å². The summed E-state index contributed by atoms with van der Waals surface area (Å²) in [6, 6.07) is 0. The number of carbonyl (C=O) groups is 2. The number of rotatable bonds is 38. The molecule has 0 spiro atoms. The van der Waals surface area contributed by atoms with E-state index in [1.165, 1.54) is 44.9 Å². The molecule has 1 aliphatic rings. The molecule has 2 unspecified atom stereocenters. The highest BCUT2D eigenvalue weighted by molar-refractivity contribution is 7.85. The zero-order chi connectivity index (χ0) is 46.9. The van der Waals surface area contributed by atoms with Gasteiger partial charge in [0.1, 0.15) is 36.8 Å². The van der Waals surface area contributed by atoms with Gasteiger partial charge in [0.2, 0.25) is 0 Å². The number of hydrogen-bond acceptors (Lipinski definition) is 11. The zero-order valence-corrected chi connectivity index (χ0v) is 39.7. The molecule has 0 radical (unpaired) electrons. The van der Waals surface area contributed by atoms with Crippen LogP contribution in [0.2, 0.25) is 0 Å². The van der Waals surface area contributed by atoms with Crippen molar-refractivity contribution in [3.63, 3.8) is 0 Å². The van der Waals surface area contributed by atoms with Crippen LogP contribution in [0.3, 0.4) is 0 Å². The van der Waals surface area contributed by atoms with E-state index >= 15 is 0 Å². The summed E-state index contributed by atoms with van der Waals surface area (Å²) in [5.41, 5.74) is 0. The van der Waals surface area contributed by atoms with E-state index in [-0.39, 0.29) is 19.4 Å². The number of aliphatic hydroxyl groups is 3. The Morgan fingerprint density at radius 1 is 0.562 bits per heavy atom. The lowest BCUT2D eigenvalue weighted by Gasteiger charge is -2.40. The summed E-state index contributed by atoms with van der Waals surface area (Å²) in [5.74, 6) is -2.10. The zero-order valence-electron chi connectivity index (χ0n) is 38.8. The number of carbonyl (C=O) groups excluding carboxylic acids is 2. The first-order valence-electron chi connectivity index (χ1n) is 23.8. The van der Waals surface area contributed by atoms with Gasteiger partial charge in [-0.25, -0.2) is 0 Å². The Balaban J connectivity index is 2.48. The molecule has 1 saturated heterocycles. The Morgan fingerprint density at radius 2 is 1.06 bits per heavy atom. The van der Waals surface area contributed by atoms with E-state index < -0.39 is 71.2 Å². The van der Waals surface area contributed by atoms with Crippen LogP contribution in [-0.4, -0.2) is 96.0 Å². The molecule has 4 N–H and O–H groups in total. The summed E-state index contributed by atoms with van der Waals surface area (Å²) in [4.78, 5) is 25.4. The van der Waals surface area contributed by atoms with Gasteiger partial charge in [-0.3, -0.25) is 14.1 Å². The first kappa shape index (κ1) is 58.6. The molecule has 1 aliphatic heterocycles. The van der Waals surface area contributed by atoms with Gasteiger partial charge in [0.25, 0.3) is 10.1 Å². The number of unbranched alkanes of at least 4 members (excludes halogenated alkanes) is 13. The van der Waals surface area contributed by atoms with Crippen LogP contribution in [0.15, 0.2) is 97.2 Å². The van der Waals surface area contributed by atoms with E-state index in [2.05, 4.69) is 62.5 Å². The smallest absolute Gasteiger partial charge is 0.306 e. The van der Waals surface area contributed by atoms with E-state index in [1.54, 1.807) is 0 Å². The average Bonchev–Trinajstić information content (AvgIpc) is 3.26. The second kappa shape index (κ2) is 39.9. The predicted octanol–water partition coefficient (Wildman–Crippen LogP) is 10.2. The molecule has 364 valence electrons. The minimum Gasteiger partial charge on any atom is -0.462 e. The van der Waals surface area contributed by atoms with Gasteiger partial charge in [0.05, 0.1) is 6.61 Å². The number of hydrogen-bond donors (Lipinski definition) is 4. The molecule has 0 aliphatic carbocycles. The van der Waals surface area contributed by atoms with Gasteiger partial charge >= 0.3 is 11.9 Å². The van der Waals surface area contributed by atoms with E-state index in [0.717, 1.165) is 64.2 Å². The Morgan fingerprint density at radius 3 is 1.66 bits per heavy atom. The predicted molar refractivity (Wildman–Crippen MR) is 256 cm³/mol.